The number of aromatic nitrogens is 1. The monoisotopic (exact) mass is 314 g/mol. The van der Waals surface area contributed by atoms with E-state index in [0.717, 1.165) is 36.9 Å². The molecule has 1 aromatic heterocycles. The highest BCUT2D eigenvalue weighted by Crippen LogP contribution is 2.31. The first-order valence-electron chi connectivity index (χ1n) is 8.19. The van der Waals surface area contributed by atoms with Crippen molar-refractivity contribution in [3.63, 3.8) is 0 Å². The number of ether oxygens (including phenoxy) is 1. The third-order valence-electron chi connectivity index (χ3n) is 4.12. The topological polar surface area (TPSA) is 64.4 Å². The van der Waals surface area contributed by atoms with Gasteiger partial charge in [-0.2, -0.15) is 0 Å². The second-order valence-electron chi connectivity index (χ2n) is 6.08. The van der Waals surface area contributed by atoms with E-state index >= 15 is 0 Å². The Labute approximate surface area is 136 Å². The highest BCUT2D eigenvalue weighted by Gasteiger charge is 2.25. The molecular formula is C18H22N2O3. The molecule has 0 saturated carbocycles. The molecule has 1 N–H and O–H groups in total. The van der Waals surface area contributed by atoms with Crippen molar-refractivity contribution in [1.82, 2.24) is 5.16 Å². The number of hydrogen-bond donors (Lipinski definition) is 1. The molecule has 1 aromatic carbocycles. The molecule has 0 bridgehead atoms. The number of rotatable bonds is 5. The van der Waals surface area contributed by atoms with Crippen molar-refractivity contribution in [3.8, 4) is 5.75 Å². The fourth-order valence-corrected chi connectivity index (χ4v) is 2.84. The maximum absolute atomic E-state index is 12.6. The Bertz CT molecular complexity index is 693. The highest BCUT2D eigenvalue weighted by atomic mass is 16.5. The first-order valence-corrected chi connectivity index (χ1v) is 8.19. The molecule has 122 valence electrons. The molecular weight excluding hydrogens is 292 g/mol. The number of hydrogen-bond acceptors (Lipinski definition) is 4. The minimum absolute atomic E-state index is 0.228. The Morgan fingerprint density at radius 1 is 1.43 bits per heavy atom. The molecule has 0 saturated heterocycles. The van der Waals surface area contributed by atoms with Crippen molar-refractivity contribution in [1.29, 1.82) is 0 Å². The quantitative estimate of drug-likeness (QED) is 0.910. The van der Waals surface area contributed by atoms with Crippen LogP contribution in [0.3, 0.4) is 0 Å². The summed E-state index contributed by atoms with van der Waals surface area (Å²) in [7, 11) is 0. The molecule has 1 aliphatic carbocycles. The van der Waals surface area contributed by atoms with E-state index in [1.54, 1.807) is 6.07 Å². The lowest BCUT2D eigenvalue weighted by atomic mass is 9.89. The summed E-state index contributed by atoms with van der Waals surface area (Å²) in [6.07, 6.45) is 3.80. The molecule has 1 atom stereocenters. The predicted molar refractivity (Wildman–Crippen MR) is 87.9 cm³/mol. The van der Waals surface area contributed by atoms with Gasteiger partial charge in [-0.25, -0.2) is 0 Å². The molecule has 0 aliphatic heterocycles. The molecule has 1 amide bonds. The van der Waals surface area contributed by atoms with Gasteiger partial charge >= 0.3 is 0 Å². The Morgan fingerprint density at radius 2 is 2.26 bits per heavy atom. The summed E-state index contributed by atoms with van der Waals surface area (Å²) in [5, 5.41) is 6.94. The number of anilines is 1. The Balaban J connectivity index is 1.79. The first kappa shape index (κ1) is 15.6. The molecule has 5 heteroatoms. The Morgan fingerprint density at radius 3 is 3.09 bits per heavy atom. The van der Waals surface area contributed by atoms with Gasteiger partial charge < -0.3 is 9.26 Å². The van der Waals surface area contributed by atoms with E-state index in [-0.39, 0.29) is 5.91 Å². The molecule has 0 spiro atoms. The minimum Gasteiger partial charge on any atom is -0.493 e. The number of carbonyl (C=O) groups excluding carboxylic acids is 1. The van der Waals surface area contributed by atoms with Crippen LogP contribution >= 0.6 is 0 Å². The number of para-hydroxylation sites is 1. The van der Waals surface area contributed by atoms with E-state index in [1.165, 1.54) is 0 Å². The molecule has 1 aliphatic rings. The van der Waals surface area contributed by atoms with Gasteiger partial charge in [-0.05, 0) is 43.7 Å². The van der Waals surface area contributed by atoms with Crippen LogP contribution < -0.4 is 10.1 Å². The molecule has 2 aromatic rings. The van der Waals surface area contributed by atoms with Crippen LogP contribution in [0.5, 0.6) is 5.75 Å². The van der Waals surface area contributed by atoms with Gasteiger partial charge in [0.05, 0.1) is 17.9 Å². The van der Waals surface area contributed by atoms with Gasteiger partial charge in [-0.15, -0.1) is 0 Å². The smallest absolute Gasteiger partial charge is 0.261 e. The van der Waals surface area contributed by atoms with Gasteiger partial charge in [0.1, 0.15) is 5.75 Å². The number of amides is 1. The van der Waals surface area contributed by atoms with Gasteiger partial charge in [-0.1, -0.05) is 31.1 Å². The van der Waals surface area contributed by atoms with E-state index in [1.807, 2.05) is 25.1 Å². The van der Waals surface area contributed by atoms with Crippen LogP contribution in [0.15, 0.2) is 28.8 Å². The van der Waals surface area contributed by atoms with Crippen LogP contribution in [-0.2, 0) is 12.8 Å². The maximum atomic E-state index is 12.6. The van der Waals surface area contributed by atoms with Crippen LogP contribution in [0.4, 0.5) is 5.88 Å². The number of benzene rings is 1. The van der Waals surface area contributed by atoms with Crippen molar-refractivity contribution in [2.45, 2.75) is 39.5 Å². The van der Waals surface area contributed by atoms with Crippen LogP contribution in [-0.4, -0.2) is 17.7 Å². The summed E-state index contributed by atoms with van der Waals surface area (Å²) in [4.78, 5) is 12.6. The molecule has 0 fully saturated rings. The second kappa shape index (κ2) is 6.86. The Kier molecular flexibility index (Phi) is 4.65. The summed E-state index contributed by atoms with van der Waals surface area (Å²) in [6.45, 7) is 4.82. The van der Waals surface area contributed by atoms with Crippen LogP contribution in [0.2, 0.25) is 0 Å². The summed E-state index contributed by atoms with van der Waals surface area (Å²) in [6, 6.07) is 7.25. The molecule has 0 radical (unpaired) electrons. The number of fused-ring (bicyclic) bond motifs is 1. The van der Waals surface area contributed by atoms with Crippen molar-refractivity contribution in [3.05, 3.63) is 41.1 Å². The number of carbonyl (C=O) groups is 1. The average molecular weight is 314 g/mol. The lowest BCUT2D eigenvalue weighted by Crippen LogP contribution is -2.16. The van der Waals surface area contributed by atoms with Gasteiger partial charge in [0.2, 0.25) is 5.88 Å². The van der Waals surface area contributed by atoms with Crippen molar-refractivity contribution in [2.75, 3.05) is 11.9 Å². The summed E-state index contributed by atoms with van der Waals surface area (Å²) in [5.41, 5.74) is 2.51. The zero-order chi connectivity index (χ0) is 16.2. The second-order valence-corrected chi connectivity index (χ2v) is 6.08. The summed E-state index contributed by atoms with van der Waals surface area (Å²) >= 11 is 0. The fourth-order valence-electron chi connectivity index (χ4n) is 2.84. The molecule has 0 unspecified atom stereocenters. The maximum Gasteiger partial charge on any atom is 0.261 e. The summed E-state index contributed by atoms with van der Waals surface area (Å²) < 4.78 is 11.0. The SMILES string of the molecule is CCCOc1ccccc1C(=O)Nc1onc2c1C[C@@H](C)CC2. The highest BCUT2D eigenvalue weighted by molar-refractivity contribution is 6.05. The van der Waals surface area contributed by atoms with Crippen molar-refractivity contribution in [2.24, 2.45) is 5.92 Å². The van der Waals surface area contributed by atoms with Crippen LogP contribution in [0, 0.1) is 5.92 Å². The third kappa shape index (κ3) is 3.38. The average Bonchev–Trinajstić information content (AvgIpc) is 2.95. The number of aryl methyl sites for hydroxylation is 1. The van der Waals surface area contributed by atoms with Gasteiger partial charge in [0.15, 0.2) is 0 Å². The van der Waals surface area contributed by atoms with Crippen LogP contribution in [0.25, 0.3) is 0 Å². The van der Waals surface area contributed by atoms with Gasteiger partial charge in [0, 0.05) is 5.56 Å². The molecule has 23 heavy (non-hydrogen) atoms. The molecule has 1 heterocycles. The predicted octanol–water partition coefficient (Wildman–Crippen LogP) is 3.84. The zero-order valence-corrected chi connectivity index (χ0v) is 13.6. The first-order chi connectivity index (χ1) is 11.2. The Hall–Kier alpha value is -2.30. The van der Waals surface area contributed by atoms with E-state index in [2.05, 4.69) is 17.4 Å². The van der Waals surface area contributed by atoms with E-state index in [4.69, 9.17) is 9.26 Å². The lowest BCUT2D eigenvalue weighted by molar-refractivity contribution is 0.101. The third-order valence-corrected chi connectivity index (χ3v) is 4.12. The van der Waals surface area contributed by atoms with Crippen LogP contribution in [0.1, 0.15) is 48.3 Å². The molecule has 5 nitrogen and oxygen atoms in total. The van der Waals surface area contributed by atoms with E-state index in [9.17, 15) is 4.79 Å². The van der Waals surface area contributed by atoms with Crippen molar-refractivity contribution < 1.29 is 14.1 Å². The largest absolute Gasteiger partial charge is 0.493 e. The lowest BCUT2D eigenvalue weighted by Gasteiger charge is -2.17. The standard InChI is InChI=1S/C18H22N2O3/c1-3-10-22-16-7-5-4-6-13(16)17(21)19-18-14-11-12(2)8-9-15(14)20-23-18/h4-7,12H,3,8-11H2,1-2H3,(H,19,21)/t12-/m0/s1. The minimum atomic E-state index is -0.228. The number of nitrogens with one attached hydrogen (secondary N) is 1. The van der Waals surface area contributed by atoms with Gasteiger partial charge in [-0.3, -0.25) is 10.1 Å². The summed E-state index contributed by atoms with van der Waals surface area (Å²) in [5.74, 6) is 1.42. The fraction of sp³-hybridized carbons (Fsp3) is 0.444. The van der Waals surface area contributed by atoms with E-state index < -0.39 is 0 Å². The van der Waals surface area contributed by atoms with Crippen molar-refractivity contribution >= 4 is 11.8 Å². The van der Waals surface area contributed by atoms with E-state index in [0.29, 0.717) is 29.7 Å². The normalized spacial score (nSPS) is 16.7. The zero-order valence-electron chi connectivity index (χ0n) is 13.6. The number of nitrogens with zero attached hydrogens (tertiary/aromatic N) is 1. The van der Waals surface area contributed by atoms with Gasteiger partial charge in [0.25, 0.3) is 5.91 Å². The molecule has 3 rings (SSSR count).